The Labute approximate surface area is 133 Å². The van der Waals surface area contributed by atoms with Crippen LogP contribution in [0, 0.1) is 0 Å². The summed E-state index contributed by atoms with van der Waals surface area (Å²) in [5.74, 6) is -1.56. The van der Waals surface area contributed by atoms with Crippen LogP contribution in [0.4, 0.5) is 5.69 Å². The number of hydrogen-bond acceptors (Lipinski definition) is 4. The van der Waals surface area contributed by atoms with Crippen LogP contribution in [0.3, 0.4) is 0 Å². The molecule has 4 N–H and O–H groups in total. The minimum atomic E-state index is -1.20. The highest BCUT2D eigenvalue weighted by Gasteiger charge is 2.11. The lowest BCUT2D eigenvalue weighted by atomic mass is 10.1. The molecule has 21 heavy (non-hydrogen) atoms. The van der Waals surface area contributed by atoms with Gasteiger partial charge >= 0.3 is 5.97 Å². The molecular weight excluding hydrogens is 362 g/mol. The predicted octanol–water partition coefficient (Wildman–Crippen LogP) is 3.82. The number of aromatic hydroxyl groups is 2. The van der Waals surface area contributed by atoms with Crippen molar-refractivity contribution in [3.05, 3.63) is 51.0 Å². The van der Waals surface area contributed by atoms with Crippen LogP contribution in [0.5, 0.6) is 11.5 Å². The molecule has 5 nitrogen and oxygen atoms in total. The van der Waals surface area contributed by atoms with Crippen molar-refractivity contribution in [1.82, 2.24) is 0 Å². The van der Waals surface area contributed by atoms with E-state index in [9.17, 15) is 15.0 Å². The smallest absolute Gasteiger partial charge is 0.339 e. The third kappa shape index (κ3) is 3.59. The normalized spacial score (nSPS) is 10.4. The highest BCUT2D eigenvalue weighted by atomic mass is 79.9. The van der Waals surface area contributed by atoms with Gasteiger partial charge in [-0.1, -0.05) is 27.5 Å². The van der Waals surface area contributed by atoms with Crippen molar-refractivity contribution in [3.8, 4) is 11.5 Å². The number of phenolic OH excluding ortho intramolecular Hbond substituents is 1. The second-order valence-electron chi connectivity index (χ2n) is 4.29. The van der Waals surface area contributed by atoms with E-state index in [4.69, 9.17) is 16.7 Å². The van der Waals surface area contributed by atoms with Crippen molar-refractivity contribution >= 4 is 39.2 Å². The number of halogens is 2. The highest BCUT2D eigenvalue weighted by molar-refractivity contribution is 9.10. The number of carboxylic acids is 1. The molecule has 0 amide bonds. The SMILES string of the molecule is O=C(O)c1ccc(NCc2cc(Br)cc(Cl)c2O)cc1O. The molecule has 0 fully saturated rings. The molecule has 0 radical (unpaired) electrons. The maximum atomic E-state index is 10.8. The van der Waals surface area contributed by atoms with Crippen molar-refractivity contribution in [2.45, 2.75) is 6.54 Å². The van der Waals surface area contributed by atoms with Gasteiger partial charge in [-0.05, 0) is 24.3 Å². The van der Waals surface area contributed by atoms with E-state index in [0.717, 1.165) is 4.47 Å². The molecule has 2 aromatic rings. The fourth-order valence-electron chi connectivity index (χ4n) is 1.77. The van der Waals surface area contributed by atoms with Crippen LogP contribution in [-0.2, 0) is 6.54 Å². The second kappa shape index (κ2) is 6.24. The third-order valence-corrected chi connectivity index (χ3v) is 3.56. The van der Waals surface area contributed by atoms with Gasteiger partial charge in [-0.3, -0.25) is 0 Å². The zero-order chi connectivity index (χ0) is 15.6. The lowest BCUT2D eigenvalue weighted by molar-refractivity contribution is 0.0694. The molecule has 2 rings (SSSR count). The third-order valence-electron chi connectivity index (χ3n) is 2.82. The number of carboxylic acid groups (broad SMARTS) is 1. The van der Waals surface area contributed by atoms with Crippen LogP contribution in [-0.4, -0.2) is 21.3 Å². The Bertz CT molecular complexity index is 706. The van der Waals surface area contributed by atoms with Gasteiger partial charge < -0.3 is 20.6 Å². The lowest BCUT2D eigenvalue weighted by Gasteiger charge is -2.11. The van der Waals surface area contributed by atoms with E-state index < -0.39 is 5.97 Å². The minimum Gasteiger partial charge on any atom is -0.507 e. The topological polar surface area (TPSA) is 89.8 Å². The molecule has 0 aliphatic carbocycles. The van der Waals surface area contributed by atoms with Gasteiger partial charge in [0.05, 0.1) is 5.02 Å². The number of anilines is 1. The van der Waals surface area contributed by atoms with E-state index in [1.54, 1.807) is 12.1 Å². The maximum absolute atomic E-state index is 10.8. The van der Waals surface area contributed by atoms with E-state index in [2.05, 4.69) is 21.2 Å². The van der Waals surface area contributed by atoms with Crippen LogP contribution in [0.15, 0.2) is 34.8 Å². The van der Waals surface area contributed by atoms with Crippen LogP contribution in [0.1, 0.15) is 15.9 Å². The molecule has 0 heterocycles. The Morgan fingerprint density at radius 3 is 2.57 bits per heavy atom. The van der Waals surface area contributed by atoms with Crippen molar-refractivity contribution in [2.24, 2.45) is 0 Å². The molecular formula is C14H11BrClNO4. The van der Waals surface area contributed by atoms with Gasteiger partial charge in [-0.2, -0.15) is 0 Å². The molecule has 0 bridgehead atoms. The Morgan fingerprint density at radius 1 is 1.24 bits per heavy atom. The van der Waals surface area contributed by atoms with E-state index >= 15 is 0 Å². The number of phenols is 2. The van der Waals surface area contributed by atoms with Crippen LogP contribution in [0.2, 0.25) is 5.02 Å². The summed E-state index contributed by atoms with van der Waals surface area (Å²) in [6, 6.07) is 7.42. The first-order chi connectivity index (χ1) is 9.88. The van der Waals surface area contributed by atoms with Gasteiger partial charge in [-0.15, -0.1) is 0 Å². The Balaban J connectivity index is 2.17. The Hall–Kier alpha value is -1.92. The number of rotatable bonds is 4. The fourth-order valence-corrected chi connectivity index (χ4v) is 2.65. The van der Waals surface area contributed by atoms with E-state index in [1.165, 1.54) is 18.2 Å². The highest BCUT2D eigenvalue weighted by Crippen LogP contribution is 2.32. The van der Waals surface area contributed by atoms with Crippen molar-refractivity contribution < 1.29 is 20.1 Å². The zero-order valence-corrected chi connectivity index (χ0v) is 12.9. The molecule has 0 spiro atoms. The average molecular weight is 373 g/mol. The van der Waals surface area contributed by atoms with Crippen molar-refractivity contribution in [1.29, 1.82) is 0 Å². The van der Waals surface area contributed by atoms with E-state index in [-0.39, 0.29) is 28.6 Å². The van der Waals surface area contributed by atoms with Crippen molar-refractivity contribution in [2.75, 3.05) is 5.32 Å². The number of benzene rings is 2. The molecule has 0 aromatic heterocycles. The number of carbonyl (C=O) groups is 1. The van der Waals surface area contributed by atoms with Crippen LogP contribution in [0.25, 0.3) is 0 Å². The number of nitrogens with one attached hydrogen (secondary N) is 1. The number of aromatic carboxylic acids is 1. The molecule has 0 aliphatic heterocycles. The molecule has 110 valence electrons. The van der Waals surface area contributed by atoms with E-state index in [1.807, 2.05) is 0 Å². The zero-order valence-electron chi connectivity index (χ0n) is 10.6. The summed E-state index contributed by atoms with van der Waals surface area (Å²) >= 11 is 9.15. The first-order valence-electron chi connectivity index (χ1n) is 5.85. The predicted molar refractivity (Wildman–Crippen MR) is 83.2 cm³/mol. The monoisotopic (exact) mass is 371 g/mol. The molecule has 0 unspecified atom stereocenters. The minimum absolute atomic E-state index is 0.0289. The second-order valence-corrected chi connectivity index (χ2v) is 5.61. The maximum Gasteiger partial charge on any atom is 0.339 e. The Morgan fingerprint density at radius 2 is 1.95 bits per heavy atom. The van der Waals surface area contributed by atoms with Crippen molar-refractivity contribution in [3.63, 3.8) is 0 Å². The van der Waals surface area contributed by atoms with Gasteiger partial charge in [0.25, 0.3) is 0 Å². The summed E-state index contributed by atoms with van der Waals surface area (Å²) in [5, 5.41) is 31.5. The standard InChI is InChI=1S/C14H11BrClNO4/c15-8-3-7(13(19)11(16)4-8)6-17-9-1-2-10(14(20)21)12(18)5-9/h1-5,17-19H,6H2,(H,20,21). The lowest BCUT2D eigenvalue weighted by Crippen LogP contribution is -2.02. The summed E-state index contributed by atoms with van der Waals surface area (Å²) in [5.41, 5.74) is 0.915. The summed E-state index contributed by atoms with van der Waals surface area (Å²) in [6.07, 6.45) is 0. The first kappa shape index (κ1) is 15.5. The van der Waals surface area contributed by atoms with Crippen LogP contribution < -0.4 is 5.32 Å². The van der Waals surface area contributed by atoms with Gasteiger partial charge in [-0.25, -0.2) is 4.79 Å². The first-order valence-corrected chi connectivity index (χ1v) is 7.02. The largest absolute Gasteiger partial charge is 0.507 e. The quantitative estimate of drug-likeness (QED) is 0.655. The molecule has 7 heteroatoms. The van der Waals surface area contributed by atoms with Gasteiger partial charge in [0.2, 0.25) is 0 Å². The van der Waals surface area contributed by atoms with Gasteiger partial charge in [0.1, 0.15) is 17.1 Å². The summed E-state index contributed by atoms with van der Waals surface area (Å²) in [4.78, 5) is 10.8. The summed E-state index contributed by atoms with van der Waals surface area (Å²) in [7, 11) is 0. The molecule has 0 aliphatic rings. The number of hydrogen-bond donors (Lipinski definition) is 4. The molecule has 2 aromatic carbocycles. The fraction of sp³-hybridized carbons (Fsp3) is 0.0714. The molecule has 0 saturated heterocycles. The molecule has 0 saturated carbocycles. The molecule has 0 atom stereocenters. The van der Waals surface area contributed by atoms with E-state index in [0.29, 0.717) is 11.3 Å². The Kier molecular flexibility index (Phi) is 4.59. The average Bonchev–Trinajstić information content (AvgIpc) is 2.40. The summed E-state index contributed by atoms with van der Waals surface area (Å²) < 4.78 is 0.728. The summed E-state index contributed by atoms with van der Waals surface area (Å²) in [6.45, 7) is 0.261. The van der Waals surface area contributed by atoms with Crippen LogP contribution >= 0.6 is 27.5 Å². The van der Waals surface area contributed by atoms with Gasteiger partial charge in [0, 0.05) is 28.3 Å². The van der Waals surface area contributed by atoms with Gasteiger partial charge in [0.15, 0.2) is 0 Å².